The molecule has 4 nitrogen and oxygen atoms in total. The van der Waals surface area contributed by atoms with Crippen LogP contribution in [0.25, 0.3) is 0 Å². The van der Waals surface area contributed by atoms with Crippen molar-refractivity contribution in [2.45, 2.75) is 65.3 Å². The summed E-state index contributed by atoms with van der Waals surface area (Å²) in [6.45, 7) is 8.91. The van der Waals surface area contributed by atoms with Crippen molar-refractivity contribution < 1.29 is 18.6 Å². The van der Waals surface area contributed by atoms with Crippen LogP contribution in [0.5, 0.6) is 0 Å². The fraction of sp³-hybridized carbons (Fsp3) is 1.00. The highest BCUT2D eigenvalue weighted by molar-refractivity contribution is 5.97. The van der Waals surface area contributed by atoms with Gasteiger partial charge in [0.25, 0.3) is 5.97 Å². The summed E-state index contributed by atoms with van der Waals surface area (Å²) in [6, 6.07) is 0. The van der Waals surface area contributed by atoms with E-state index in [1.54, 1.807) is 0 Å². The summed E-state index contributed by atoms with van der Waals surface area (Å²) in [5, 5.41) is 0. The molecule has 3 radical (unpaired) electrons. The van der Waals surface area contributed by atoms with Crippen LogP contribution in [0.4, 0.5) is 0 Å². The van der Waals surface area contributed by atoms with E-state index in [1.165, 1.54) is 0 Å². The summed E-state index contributed by atoms with van der Waals surface area (Å²) in [4.78, 5) is 0. The molecule has 0 spiro atoms. The first-order valence-electron chi connectivity index (χ1n) is 7.45. The van der Waals surface area contributed by atoms with Crippen molar-refractivity contribution in [2.75, 3.05) is 26.4 Å². The summed E-state index contributed by atoms with van der Waals surface area (Å²) >= 11 is 0. The largest absolute Gasteiger partial charge is 0.419 e. The Hall–Kier alpha value is 0.0569. The molecule has 113 valence electrons. The minimum absolute atomic E-state index is 0.655. The van der Waals surface area contributed by atoms with Crippen LogP contribution in [0.1, 0.15) is 59.3 Å². The van der Waals surface area contributed by atoms with Gasteiger partial charge in [0.1, 0.15) is 0 Å². The first-order chi connectivity index (χ1) is 9.24. The molecule has 0 atom stereocenters. The third-order valence-corrected chi connectivity index (χ3v) is 2.76. The van der Waals surface area contributed by atoms with Crippen molar-refractivity contribution in [3.8, 4) is 0 Å². The van der Waals surface area contributed by atoms with E-state index in [2.05, 4.69) is 31.3 Å². The molecule has 0 N–H and O–H groups in total. The molecule has 0 aromatic rings. The first-order valence-corrected chi connectivity index (χ1v) is 7.85. The molecule has 5 heteroatoms. The molecule has 0 amide bonds. The highest BCUT2D eigenvalue weighted by atomic mass is 28.2. The normalized spacial score (nSPS) is 12.0. The first kappa shape index (κ1) is 19.1. The summed E-state index contributed by atoms with van der Waals surface area (Å²) < 4.78 is 22.5. The summed E-state index contributed by atoms with van der Waals surface area (Å²) in [5.74, 6) is -0.867. The highest BCUT2D eigenvalue weighted by Gasteiger charge is 2.32. The maximum Gasteiger partial charge on any atom is 0.282 e. The van der Waals surface area contributed by atoms with Crippen molar-refractivity contribution >= 4 is 10.5 Å². The number of hydrogen-bond donors (Lipinski definition) is 0. The monoisotopic (exact) mass is 289 g/mol. The lowest BCUT2D eigenvalue weighted by Crippen LogP contribution is -2.40. The molecule has 0 aliphatic rings. The van der Waals surface area contributed by atoms with Gasteiger partial charge in [0.2, 0.25) is 10.5 Å². The van der Waals surface area contributed by atoms with Gasteiger partial charge in [0.05, 0.1) is 19.8 Å². The lowest BCUT2D eigenvalue weighted by molar-refractivity contribution is -0.383. The van der Waals surface area contributed by atoms with Gasteiger partial charge in [-0.3, -0.25) is 0 Å². The summed E-state index contributed by atoms with van der Waals surface area (Å²) in [5.41, 5.74) is 0. The van der Waals surface area contributed by atoms with E-state index in [0.717, 1.165) is 38.5 Å². The molecule has 0 aliphatic carbocycles. The van der Waals surface area contributed by atoms with Crippen molar-refractivity contribution in [2.24, 2.45) is 0 Å². The van der Waals surface area contributed by atoms with Gasteiger partial charge in [-0.25, -0.2) is 0 Å². The Labute approximate surface area is 121 Å². The molecular weight excluding hydrogens is 260 g/mol. The molecule has 0 saturated heterocycles. The molecule has 0 bridgehead atoms. The predicted octanol–water partition coefficient (Wildman–Crippen LogP) is 3.19. The summed E-state index contributed by atoms with van der Waals surface area (Å²) in [7, 11) is 3.01. The quantitative estimate of drug-likeness (QED) is 0.279. The number of unbranched alkanes of at least 4 members (excludes halogenated alkanes) is 1. The van der Waals surface area contributed by atoms with Crippen LogP contribution in [-0.2, 0) is 18.6 Å². The molecule has 0 fully saturated rings. The van der Waals surface area contributed by atoms with Crippen molar-refractivity contribution in [1.29, 1.82) is 0 Å². The molecule has 19 heavy (non-hydrogen) atoms. The Morgan fingerprint density at radius 2 is 1.21 bits per heavy atom. The minimum atomic E-state index is -0.867. The van der Waals surface area contributed by atoms with Crippen molar-refractivity contribution in [3.05, 3.63) is 0 Å². The Morgan fingerprint density at radius 3 is 1.58 bits per heavy atom. The summed E-state index contributed by atoms with van der Waals surface area (Å²) in [6.07, 6.45) is 5.50. The van der Waals surface area contributed by atoms with Crippen LogP contribution in [0, 0.1) is 0 Å². The second-order valence-corrected chi connectivity index (χ2v) is 4.82. The molecule has 0 unspecified atom stereocenters. The molecule has 0 heterocycles. The lowest BCUT2D eigenvalue weighted by Gasteiger charge is -2.33. The van der Waals surface area contributed by atoms with Gasteiger partial charge in [-0.15, -0.1) is 0 Å². The molecular formula is C14H29O4Si. The second-order valence-electron chi connectivity index (χ2n) is 4.53. The van der Waals surface area contributed by atoms with Gasteiger partial charge in [0.15, 0.2) is 0 Å². The Kier molecular flexibility index (Phi) is 13.1. The lowest BCUT2D eigenvalue weighted by atomic mass is 10.2. The van der Waals surface area contributed by atoms with Crippen LogP contribution in [-0.4, -0.2) is 42.9 Å². The van der Waals surface area contributed by atoms with Gasteiger partial charge in [0, 0.05) is 13.0 Å². The molecule has 0 aromatic heterocycles. The van der Waals surface area contributed by atoms with Crippen LogP contribution in [0.2, 0.25) is 0 Å². The fourth-order valence-corrected chi connectivity index (χ4v) is 1.77. The van der Waals surface area contributed by atoms with Gasteiger partial charge in [-0.1, -0.05) is 20.8 Å². The van der Waals surface area contributed by atoms with E-state index in [4.69, 9.17) is 18.6 Å². The van der Waals surface area contributed by atoms with Crippen molar-refractivity contribution in [1.82, 2.24) is 0 Å². The van der Waals surface area contributed by atoms with E-state index < -0.39 is 5.97 Å². The number of ether oxygens (including phenoxy) is 3. The van der Waals surface area contributed by atoms with Gasteiger partial charge in [-0.2, -0.15) is 0 Å². The van der Waals surface area contributed by atoms with E-state index >= 15 is 0 Å². The number of hydrogen-bond acceptors (Lipinski definition) is 4. The molecule has 0 rings (SSSR count). The minimum Gasteiger partial charge on any atom is -0.419 e. The molecule has 0 aliphatic heterocycles. The van der Waals surface area contributed by atoms with E-state index in [0.29, 0.717) is 26.4 Å². The number of rotatable bonds is 14. The zero-order valence-corrected chi connectivity index (χ0v) is 13.7. The maximum atomic E-state index is 5.87. The zero-order chi connectivity index (χ0) is 14.4. The topological polar surface area (TPSA) is 36.9 Å². The van der Waals surface area contributed by atoms with Crippen LogP contribution >= 0.6 is 0 Å². The second kappa shape index (κ2) is 13.1. The third-order valence-electron chi connectivity index (χ3n) is 2.56. The molecule has 0 saturated carbocycles. The maximum absolute atomic E-state index is 5.87. The van der Waals surface area contributed by atoms with Crippen LogP contribution in [0.15, 0.2) is 0 Å². The predicted molar refractivity (Wildman–Crippen MR) is 77.0 cm³/mol. The van der Waals surface area contributed by atoms with Crippen LogP contribution in [0.3, 0.4) is 0 Å². The van der Waals surface area contributed by atoms with E-state index in [-0.39, 0.29) is 0 Å². The average molecular weight is 289 g/mol. The van der Waals surface area contributed by atoms with E-state index in [9.17, 15) is 0 Å². The van der Waals surface area contributed by atoms with Gasteiger partial charge < -0.3 is 18.6 Å². The smallest absolute Gasteiger partial charge is 0.282 e. The zero-order valence-electron chi connectivity index (χ0n) is 12.7. The highest BCUT2D eigenvalue weighted by Crippen LogP contribution is 2.24. The fourth-order valence-electron chi connectivity index (χ4n) is 1.63. The Morgan fingerprint density at radius 1 is 0.737 bits per heavy atom. The third kappa shape index (κ3) is 9.57. The SMILES string of the molecule is CCCOC(CCCCO[Si])(OCCC)OCCC. The molecule has 0 aromatic carbocycles. The van der Waals surface area contributed by atoms with Crippen molar-refractivity contribution in [3.63, 3.8) is 0 Å². The Balaban J connectivity index is 4.38. The van der Waals surface area contributed by atoms with Gasteiger partial charge in [-0.05, 0) is 32.1 Å². The standard InChI is InChI=1S/C14H29O4Si/c1-4-10-15-14(16-11-5-2,17-12-6-3)9-7-8-13-18-19/h4-13H2,1-3H3. The Bertz CT molecular complexity index is 169. The van der Waals surface area contributed by atoms with Gasteiger partial charge >= 0.3 is 0 Å². The van der Waals surface area contributed by atoms with E-state index in [1.807, 2.05) is 0 Å². The average Bonchev–Trinajstić information content (AvgIpc) is 2.44. The van der Waals surface area contributed by atoms with Crippen LogP contribution < -0.4 is 0 Å².